The van der Waals surface area contributed by atoms with E-state index in [9.17, 15) is 14.3 Å². The quantitative estimate of drug-likeness (QED) is 0.722. The Kier molecular flexibility index (Phi) is 4.72. The van der Waals surface area contributed by atoms with Gasteiger partial charge in [-0.05, 0) is 31.2 Å². The molecule has 1 aromatic heterocycles. The molecule has 0 saturated heterocycles. The summed E-state index contributed by atoms with van der Waals surface area (Å²) < 4.78 is 24.2. The molecule has 0 spiro atoms. The molecule has 5 nitrogen and oxygen atoms in total. The highest BCUT2D eigenvalue weighted by Gasteiger charge is 2.28. The summed E-state index contributed by atoms with van der Waals surface area (Å²) in [5, 5.41) is 14.0. The minimum Gasteiger partial charge on any atom is -0.481 e. The molecule has 1 atom stereocenters. The van der Waals surface area contributed by atoms with Gasteiger partial charge in [-0.3, -0.25) is 4.79 Å². The van der Waals surface area contributed by atoms with Crippen LogP contribution in [0.1, 0.15) is 12.7 Å². The number of carbonyl (C=O) groups excluding carboxylic acids is 1. The van der Waals surface area contributed by atoms with Gasteiger partial charge in [0.25, 0.3) is 5.91 Å². The first-order valence-electron chi connectivity index (χ1n) is 7.81. The van der Waals surface area contributed by atoms with Gasteiger partial charge in [0.2, 0.25) is 0 Å². The first kappa shape index (κ1) is 17.0. The van der Waals surface area contributed by atoms with Gasteiger partial charge in [0.15, 0.2) is 18.2 Å². The Bertz CT molecular complexity index is 855. The Morgan fingerprint density at radius 2 is 1.96 bits per heavy atom. The third kappa shape index (κ3) is 3.97. The SMILES string of the molecule is CC(O)(CNC(=O)COc1ccccc1F)c1cc2ccccc2o1. The van der Waals surface area contributed by atoms with Crippen molar-refractivity contribution in [3.8, 4) is 5.75 Å². The molecule has 3 aromatic rings. The molecule has 1 amide bonds. The van der Waals surface area contributed by atoms with E-state index >= 15 is 0 Å². The molecule has 130 valence electrons. The number of fused-ring (bicyclic) bond motifs is 1. The smallest absolute Gasteiger partial charge is 0.258 e. The summed E-state index contributed by atoms with van der Waals surface area (Å²) in [7, 11) is 0. The van der Waals surface area contributed by atoms with Crippen molar-refractivity contribution >= 4 is 16.9 Å². The minimum absolute atomic E-state index is 0.00157. The second-order valence-corrected chi connectivity index (χ2v) is 5.92. The number of hydrogen-bond acceptors (Lipinski definition) is 4. The first-order valence-corrected chi connectivity index (χ1v) is 7.81. The number of halogens is 1. The summed E-state index contributed by atoms with van der Waals surface area (Å²) in [5.74, 6) is -0.657. The normalized spacial score (nSPS) is 13.4. The molecule has 25 heavy (non-hydrogen) atoms. The average Bonchev–Trinajstić information content (AvgIpc) is 3.04. The maximum absolute atomic E-state index is 13.4. The average molecular weight is 343 g/mol. The number of nitrogens with one attached hydrogen (secondary N) is 1. The van der Waals surface area contributed by atoms with Crippen LogP contribution in [0.2, 0.25) is 0 Å². The molecule has 1 unspecified atom stereocenters. The molecule has 0 bridgehead atoms. The maximum Gasteiger partial charge on any atom is 0.258 e. The summed E-state index contributed by atoms with van der Waals surface area (Å²) in [6.45, 7) is 1.13. The number of benzene rings is 2. The number of furan rings is 1. The van der Waals surface area contributed by atoms with Gasteiger partial charge in [-0.25, -0.2) is 4.39 Å². The van der Waals surface area contributed by atoms with Crippen molar-refractivity contribution in [1.29, 1.82) is 0 Å². The second kappa shape index (κ2) is 6.94. The number of amides is 1. The number of rotatable bonds is 6. The predicted molar refractivity (Wildman–Crippen MR) is 90.7 cm³/mol. The van der Waals surface area contributed by atoms with Crippen molar-refractivity contribution < 1.29 is 23.4 Å². The Labute approximate surface area is 144 Å². The van der Waals surface area contributed by atoms with Crippen molar-refractivity contribution in [3.63, 3.8) is 0 Å². The summed E-state index contributed by atoms with van der Waals surface area (Å²) in [6, 6.07) is 15.0. The van der Waals surface area contributed by atoms with Crippen LogP contribution in [0.4, 0.5) is 4.39 Å². The lowest BCUT2D eigenvalue weighted by Gasteiger charge is -2.21. The van der Waals surface area contributed by atoms with Gasteiger partial charge in [0.05, 0.1) is 6.54 Å². The number of carbonyl (C=O) groups is 1. The highest BCUT2D eigenvalue weighted by Crippen LogP contribution is 2.27. The molecule has 0 aliphatic heterocycles. The minimum atomic E-state index is -1.38. The molecule has 2 N–H and O–H groups in total. The zero-order valence-corrected chi connectivity index (χ0v) is 13.7. The molecule has 3 rings (SSSR count). The van der Waals surface area contributed by atoms with Crippen LogP contribution in [-0.2, 0) is 10.4 Å². The molecule has 2 aromatic carbocycles. The molecule has 6 heteroatoms. The molecule has 0 saturated carbocycles. The predicted octanol–water partition coefficient (Wildman–Crippen LogP) is 2.97. The van der Waals surface area contributed by atoms with E-state index in [1.165, 1.54) is 18.2 Å². The van der Waals surface area contributed by atoms with Crippen molar-refractivity contribution in [1.82, 2.24) is 5.32 Å². The lowest BCUT2D eigenvalue weighted by atomic mass is 10.0. The van der Waals surface area contributed by atoms with Crippen LogP contribution < -0.4 is 10.1 Å². The third-order valence-electron chi connectivity index (χ3n) is 3.78. The summed E-state index contributed by atoms with van der Waals surface area (Å²) >= 11 is 0. The summed E-state index contributed by atoms with van der Waals surface area (Å²) in [4.78, 5) is 11.9. The maximum atomic E-state index is 13.4. The number of ether oxygens (including phenoxy) is 1. The van der Waals surface area contributed by atoms with Gasteiger partial charge >= 0.3 is 0 Å². The van der Waals surface area contributed by atoms with Crippen molar-refractivity contribution in [3.05, 3.63) is 66.2 Å². The fourth-order valence-corrected chi connectivity index (χ4v) is 2.36. The van der Waals surface area contributed by atoms with E-state index in [1.807, 2.05) is 18.2 Å². The molecular formula is C19H18FNO4. The van der Waals surface area contributed by atoms with Crippen LogP contribution in [-0.4, -0.2) is 24.2 Å². The van der Waals surface area contributed by atoms with E-state index in [0.717, 1.165) is 5.39 Å². The molecule has 0 aliphatic rings. The van der Waals surface area contributed by atoms with Crippen molar-refractivity contribution in [2.24, 2.45) is 0 Å². The fraction of sp³-hybridized carbons (Fsp3) is 0.211. The van der Waals surface area contributed by atoms with E-state index in [-0.39, 0.29) is 18.9 Å². The molecule has 0 radical (unpaired) electrons. The number of hydrogen-bond donors (Lipinski definition) is 2. The van der Waals surface area contributed by atoms with Gasteiger partial charge in [0, 0.05) is 5.39 Å². The van der Waals surface area contributed by atoms with Crippen LogP contribution in [0.3, 0.4) is 0 Å². The molecule has 1 heterocycles. The zero-order chi connectivity index (χ0) is 17.9. The lowest BCUT2D eigenvalue weighted by Crippen LogP contribution is -2.40. The Morgan fingerprint density at radius 3 is 2.72 bits per heavy atom. The van der Waals surface area contributed by atoms with E-state index in [4.69, 9.17) is 9.15 Å². The summed E-state index contributed by atoms with van der Waals surface area (Å²) in [6.07, 6.45) is 0. The summed E-state index contributed by atoms with van der Waals surface area (Å²) in [5.41, 5.74) is -0.723. The van der Waals surface area contributed by atoms with Crippen LogP contribution in [0, 0.1) is 5.82 Å². The highest BCUT2D eigenvalue weighted by molar-refractivity contribution is 5.78. The van der Waals surface area contributed by atoms with E-state index in [0.29, 0.717) is 11.3 Å². The van der Waals surface area contributed by atoms with Crippen LogP contribution in [0.5, 0.6) is 5.75 Å². The largest absolute Gasteiger partial charge is 0.481 e. The topological polar surface area (TPSA) is 71.7 Å². The van der Waals surface area contributed by atoms with E-state index in [1.54, 1.807) is 25.1 Å². The van der Waals surface area contributed by atoms with Crippen molar-refractivity contribution in [2.75, 3.05) is 13.2 Å². The van der Waals surface area contributed by atoms with Crippen LogP contribution in [0.25, 0.3) is 11.0 Å². The van der Waals surface area contributed by atoms with Gasteiger partial charge in [-0.2, -0.15) is 0 Å². The molecule has 0 fully saturated rings. The highest BCUT2D eigenvalue weighted by atomic mass is 19.1. The molecule has 0 aliphatic carbocycles. The number of para-hydroxylation sites is 2. The monoisotopic (exact) mass is 343 g/mol. The Morgan fingerprint density at radius 1 is 1.24 bits per heavy atom. The zero-order valence-electron chi connectivity index (χ0n) is 13.7. The fourth-order valence-electron chi connectivity index (χ4n) is 2.36. The van der Waals surface area contributed by atoms with E-state index < -0.39 is 17.3 Å². The van der Waals surface area contributed by atoms with Crippen LogP contribution in [0.15, 0.2) is 59.0 Å². The number of aliphatic hydroxyl groups is 1. The molecular weight excluding hydrogens is 325 g/mol. The first-order chi connectivity index (χ1) is 12.0. The Balaban J connectivity index is 1.58. The van der Waals surface area contributed by atoms with Gasteiger partial charge in [-0.1, -0.05) is 30.3 Å². The van der Waals surface area contributed by atoms with E-state index in [2.05, 4.69) is 5.32 Å². The van der Waals surface area contributed by atoms with Gasteiger partial charge in [0.1, 0.15) is 16.9 Å². The van der Waals surface area contributed by atoms with Gasteiger partial charge < -0.3 is 19.6 Å². The lowest BCUT2D eigenvalue weighted by molar-refractivity contribution is -0.124. The van der Waals surface area contributed by atoms with Crippen LogP contribution >= 0.6 is 0 Å². The standard InChI is InChI=1S/C19H18FNO4/c1-19(23,17-10-13-6-2-4-8-15(13)25-17)12-21-18(22)11-24-16-9-5-3-7-14(16)20/h2-10,23H,11-12H2,1H3,(H,21,22). The van der Waals surface area contributed by atoms with Crippen molar-refractivity contribution in [2.45, 2.75) is 12.5 Å². The van der Waals surface area contributed by atoms with Gasteiger partial charge in [-0.15, -0.1) is 0 Å². The Hall–Kier alpha value is -2.86. The third-order valence-corrected chi connectivity index (χ3v) is 3.78. The second-order valence-electron chi connectivity index (χ2n) is 5.92.